The van der Waals surface area contributed by atoms with Crippen LogP contribution in [0.4, 0.5) is 0 Å². The Morgan fingerprint density at radius 1 is 0.958 bits per heavy atom. The van der Waals surface area contributed by atoms with Crippen LogP contribution in [0.2, 0.25) is 0 Å². The summed E-state index contributed by atoms with van der Waals surface area (Å²) in [5.74, 6) is 2.02. The Bertz CT molecular complexity index is 732. The van der Waals surface area contributed by atoms with E-state index < -0.39 is 0 Å². The van der Waals surface area contributed by atoms with Crippen LogP contribution in [-0.4, -0.2) is 43.0 Å². The first-order valence-electron chi connectivity index (χ1n) is 8.91. The number of aryl methyl sites for hydroxylation is 1. The van der Waals surface area contributed by atoms with Crippen molar-refractivity contribution in [2.24, 2.45) is 0 Å². The summed E-state index contributed by atoms with van der Waals surface area (Å²) in [5.41, 5.74) is 3.92. The molecule has 2 aliphatic heterocycles. The maximum Gasteiger partial charge on any atom is 0.132 e. The standard InChI is InChI=1S/C21H26N2O/c1-15-8-9-20-18(14-15)21(17-6-4-5-7-19(17)24-20)23-12-10-16(11-13-23)22(2)3/h4-9,14,16,21H,10-13H2,1-3H3. The van der Waals surface area contributed by atoms with Gasteiger partial charge in [-0.25, -0.2) is 0 Å². The predicted molar refractivity (Wildman–Crippen MR) is 97.8 cm³/mol. The van der Waals surface area contributed by atoms with E-state index in [4.69, 9.17) is 4.74 Å². The molecule has 4 rings (SSSR count). The number of ether oxygens (including phenoxy) is 1. The Labute approximate surface area is 144 Å². The van der Waals surface area contributed by atoms with Crippen molar-refractivity contribution in [3.63, 3.8) is 0 Å². The molecule has 2 aromatic carbocycles. The average Bonchev–Trinajstić information content (AvgIpc) is 2.60. The van der Waals surface area contributed by atoms with Crippen LogP contribution in [0.3, 0.4) is 0 Å². The van der Waals surface area contributed by atoms with E-state index >= 15 is 0 Å². The molecule has 0 N–H and O–H groups in total. The van der Waals surface area contributed by atoms with Gasteiger partial charge in [0.05, 0.1) is 6.04 Å². The summed E-state index contributed by atoms with van der Waals surface area (Å²) in [6.07, 6.45) is 2.46. The summed E-state index contributed by atoms with van der Waals surface area (Å²) in [7, 11) is 4.39. The van der Waals surface area contributed by atoms with Crippen LogP contribution in [-0.2, 0) is 0 Å². The van der Waals surface area contributed by atoms with E-state index in [9.17, 15) is 0 Å². The minimum Gasteiger partial charge on any atom is -0.457 e. The maximum absolute atomic E-state index is 6.18. The minimum absolute atomic E-state index is 0.313. The van der Waals surface area contributed by atoms with Crippen LogP contribution in [0, 0.1) is 6.92 Å². The summed E-state index contributed by atoms with van der Waals surface area (Å²) < 4.78 is 6.18. The van der Waals surface area contributed by atoms with Gasteiger partial charge in [-0.05, 0) is 46.0 Å². The third kappa shape index (κ3) is 2.72. The molecule has 126 valence electrons. The second-order valence-corrected chi connectivity index (χ2v) is 7.31. The topological polar surface area (TPSA) is 15.7 Å². The fourth-order valence-electron chi connectivity index (χ4n) is 4.11. The molecule has 1 atom stereocenters. The zero-order valence-electron chi connectivity index (χ0n) is 14.8. The van der Waals surface area contributed by atoms with Crippen LogP contribution < -0.4 is 4.74 Å². The molecule has 1 saturated heterocycles. The highest BCUT2D eigenvalue weighted by atomic mass is 16.5. The smallest absolute Gasteiger partial charge is 0.132 e. The van der Waals surface area contributed by atoms with Crippen LogP contribution in [0.25, 0.3) is 0 Å². The molecule has 0 aliphatic carbocycles. The lowest BCUT2D eigenvalue weighted by atomic mass is 9.90. The Morgan fingerprint density at radius 3 is 2.42 bits per heavy atom. The lowest BCUT2D eigenvalue weighted by molar-refractivity contribution is 0.118. The Balaban J connectivity index is 1.71. The molecular formula is C21H26N2O. The third-order valence-electron chi connectivity index (χ3n) is 5.49. The number of para-hydroxylation sites is 1. The second-order valence-electron chi connectivity index (χ2n) is 7.31. The van der Waals surface area contributed by atoms with Gasteiger partial charge in [0, 0.05) is 30.3 Å². The van der Waals surface area contributed by atoms with Crippen molar-refractivity contribution in [3.05, 3.63) is 59.2 Å². The van der Waals surface area contributed by atoms with E-state index in [1.807, 2.05) is 0 Å². The average molecular weight is 322 g/mol. The van der Waals surface area contributed by atoms with E-state index in [1.165, 1.54) is 29.5 Å². The second kappa shape index (κ2) is 6.23. The molecule has 24 heavy (non-hydrogen) atoms. The van der Waals surface area contributed by atoms with Gasteiger partial charge in [-0.2, -0.15) is 0 Å². The summed E-state index contributed by atoms with van der Waals surface area (Å²) in [6.45, 7) is 4.43. The van der Waals surface area contributed by atoms with Crippen molar-refractivity contribution < 1.29 is 4.74 Å². The lowest BCUT2D eigenvalue weighted by Crippen LogP contribution is -2.44. The van der Waals surface area contributed by atoms with Gasteiger partial charge >= 0.3 is 0 Å². The zero-order valence-corrected chi connectivity index (χ0v) is 14.8. The van der Waals surface area contributed by atoms with E-state index in [-0.39, 0.29) is 0 Å². The first kappa shape index (κ1) is 15.7. The highest BCUT2D eigenvalue weighted by molar-refractivity contribution is 5.54. The highest BCUT2D eigenvalue weighted by Crippen LogP contribution is 2.46. The number of rotatable bonds is 2. The zero-order chi connectivity index (χ0) is 16.7. The Kier molecular flexibility index (Phi) is 4.07. The monoisotopic (exact) mass is 322 g/mol. The molecule has 3 heteroatoms. The van der Waals surface area contributed by atoms with Gasteiger partial charge in [-0.3, -0.25) is 4.90 Å². The minimum atomic E-state index is 0.313. The van der Waals surface area contributed by atoms with Gasteiger partial charge in [0.15, 0.2) is 0 Å². The number of likely N-dealkylation sites (tertiary alicyclic amines) is 1. The normalized spacial score (nSPS) is 21.2. The van der Waals surface area contributed by atoms with E-state index in [0.29, 0.717) is 12.1 Å². The van der Waals surface area contributed by atoms with Crippen LogP contribution in [0.15, 0.2) is 42.5 Å². The van der Waals surface area contributed by atoms with Gasteiger partial charge < -0.3 is 9.64 Å². The predicted octanol–water partition coefficient (Wildman–Crippen LogP) is 4.22. The number of hydrogen-bond donors (Lipinski definition) is 0. The number of benzene rings is 2. The molecule has 0 radical (unpaired) electrons. The van der Waals surface area contributed by atoms with E-state index in [2.05, 4.69) is 73.3 Å². The molecule has 0 amide bonds. The van der Waals surface area contributed by atoms with Gasteiger partial charge in [-0.1, -0.05) is 35.9 Å². The molecule has 3 nitrogen and oxygen atoms in total. The number of hydrogen-bond acceptors (Lipinski definition) is 3. The van der Waals surface area contributed by atoms with Crippen LogP contribution in [0.1, 0.15) is 35.6 Å². The quantitative estimate of drug-likeness (QED) is 0.823. The fourth-order valence-corrected chi connectivity index (χ4v) is 4.11. The molecule has 2 heterocycles. The maximum atomic E-state index is 6.18. The molecule has 1 fully saturated rings. The molecule has 0 aromatic heterocycles. The molecule has 2 aliphatic rings. The summed E-state index contributed by atoms with van der Waals surface area (Å²) in [5, 5.41) is 0. The molecule has 1 unspecified atom stereocenters. The highest BCUT2D eigenvalue weighted by Gasteiger charge is 2.34. The molecule has 2 aromatic rings. The van der Waals surface area contributed by atoms with Crippen molar-refractivity contribution in [1.29, 1.82) is 0 Å². The van der Waals surface area contributed by atoms with Crippen molar-refractivity contribution in [1.82, 2.24) is 9.80 Å². The van der Waals surface area contributed by atoms with Gasteiger partial charge in [0.1, 0.15) is 11.5 Å². The van der Waals surface area contributed by atoms with E-state index in [0.717, 1.165) is 24.6 Å². The largest absolute Gasteiger partial charge is 0.457 e. The van der Waals surface area contributed by atoms with E-state index in [1.54, 1.807) is 0 Å². The SMILES string of the molecule is Cc1ccc2c(c1)C(N1CCC(N(C)C)CC1)c1ccccc1O2. The number of nitrogens with zero attached hydrogens (tertiary/aromatic N) is 2. The third-order valence-corrected chi connectivity index (χ3v) is 5.49. The lowest BCUT2D eigenvalue weighted by Gasteiger charge is -2.42. The molecule has 0 spiro atoms. The van der Waals surface area contributed by atoms with Crippen LogP contribution in [0.5, 0.6) is 11.5 Å². The Morgan fingerprint density at radius 2 is 1.67 bits per heavy atom. The van der Waals surface area contributed by atoms with Gasteiger partial charge in [-0.15, -0.1) is 0 Å². The summed E-state index contributed by atoms with van der Waals surface area (Å²) in [6, 6.07) is 16.1. The molecular weight excluding hydrogens is 296 g/mol. The summed E-state index contributed by atoms with van der Waals surface area (Å²) >= 11 is 0. The number of fused-ring (bicyclic) bond motifs is 2. The summed E-state index contributed by atoms with van der Waals surface area (Å²) in [4.78, 5) is 5.01. The molecule has 0 bridgehead atoms. The van der Waals surface area contributed by atoms with Crippen LogP contribution >= 0.6 is 0 Å². The molecule has 0 saturated carbocycles. The first-order valence-corrected chi connectivity index (χ1v) is 8.91. The van der Waals surface area contributed by atoms with Gasteiger partial charge in [0.25, 0.3) is 0 Å². The fraction of sp³-hybridized carbons (Fsp3) is 0.429. The first-order chi connectivity index (χ1) is 11.6. The van der Waals surface area contributed by atoms with Gasteiger partial charge in [0.2, 0.25) is 0 Å². The van der Waals surface area contributed by atoms with Crippen molar-refractivity contribution >= 4 is 0 Å². The van der Waals surface area contributed by atoms with Crippen molar-refractivity contribution in [3.8, 4) is 11.5 Å². The number of piperidine rings is 1. The van der Waals surface area contributed by atoms with Crippen molar-refractivity contribution in [2.75, 3.05) is 27.2 Å². The Hall–Kier alpha value is -1.84. The van der Waals surface area contributed by atoms with Crippen molar-refractivity contribution in [2.45, 2.75) is 31.8 Å².